The number of nitrogen functional groups attached to an aromatic ring is 1. The highest BCUT2D eigenvalue weighted by Crippen LogP contribution is 2.35. The van der Waals surface area contributed by atoms with Crippen LogP contribution >= 0.6 is 11.8 Å². The van der Waals surface area contributed by atoms with Crippen molar-refractivity contribution in [3.63, 3.8) is 0 Å². The second-order valence-electron chi connectivity index (χ2n) is 3.67. The Morgan fingerprint density at radius 3 is 2.26 bits per heavy atom. The lowest BCUT2D eigenvalue weighted by atomic mass is 10.2. The lowest BCUT2D eigenvalue weighted by Gasteiger charge is -2.07. The molecule has 0 atom stereocenters. The minimum absolute atomic E-state index is 0.0145. The molecule has 19 heavy (non-hydrogen) atoms. The van der Waals surface area contributed by atoms with Gasteiger partial charge < -0.3 is 5.73 Å². The van der Waals surface area contributed by atoms with Gasteiger partial charge in [-0.25, -0.2) is 13.2 Å². The van der Waals surface area contributed by atoms with Crippen LogP contribution in [-0.2, 0) is 0 Å². The van der Waals surface area contributed by atoms with E-state index in [-0.39, 0.29) is 21.0 Å². The number of halogens is 3. The molecule has 96 valence electrons. The van der Waals surface area contributed by atoms with Gasteiger partial charge in [-0.1, -0.05) is 11.8 Å². The number of benzene rings is 2. The van der Waals surface area contributed by atoms with E-state index in [4.69, 9.17) is 11.0 Å². The van der Waals surface area contributed by atoms with Crippen LogP contribution in [0.4, 0.5) is 18.9 Å². The van der Waals surface area contributed by atoms with Crippen molar-refractivity contribution < 1.29 is 13.2 Å². The van der Waals surface area contributed by atoms with Gasteiger partial charge >= 0.3 is 0 Å². The molecule has 2 rings (SSSR count). The zero-order valence-corrected chi connectivity index (χ0v) is 10.3. The molecule has 0 bridgehead atoms. The summed E-state index contributed by atoms with van der Waals surface area (Å²) in [6.07, 6.45) is 0. The predicted molar refractivity (Wildman–Crippen MR) is 66.0 cm³/mol. The average molecular weight is 280 g/mol. The summed E-state index contributed by atoms with van der Waals surface area (Å²) in [5, 5.41) is 8.87. The first kappa shape index (κ1) is 13.3. The standard InChI is InChI=1S/C13H7F3N2S/c14-8-1-2-12(7(3-8)6-17)19-13-10(15)4-9(18)5-11(13)16/h1-5H,18H2. The Kier molecular flexibility index (Phi) is 3.67. The summed E-state index contributed by atoms with van der Waals surface area (Å²) in [6.45, 7) is 0. The Morgan fingerprint density at radius 2 is 1.68 bits per heavy atom. The number of hydrogen-bond donors (Lipinski definition) is 1. The Morgan fingerprint density at radius 1 is 1.05 bits per heavy atom. The van der Waals surface area contributed by atoms with Gasteiger partial charge in [0.25, 0.3) is 0 Å². The zero-order chi connectivity index (χ0) is 14.0. The molecule has 0 aliphatic rings. The molecule has 2 N–H and O–H groups in total. The van der Waals surface area contributed by atoms with Crippen LogP contribution in [0.2, 0.25) is 0 Å². The molecule has 0 fully saturated rings. The molecule has 2 aromatic rings. The summed E-state index contributed by atoms with van der Waals surface area (Å²) in [5.41, 5.74) is 5.29. The molecule has 0 spiro atoms. The first-order valence-electron chi connectivity index (χ1n) is 5.13. The molecule has 0 radical (unpaired) electrons. The zero-order valence-electron chi connectivity index (χ0n) is 9.45. The van der Waals surface area contributed by atoms with E-state index in [1.54, 1.807) is 6.07 Å². The highest BCUT2D eigenvalue weighted by atomic mass is 32.2. The van der Waals surface area contributed by atoms with Crippen LogP contribution in [0, 0.1) is 28.8 Å². The van der Waals surface area contributed by atoms with Crippen molar-refractivity contribution in [3.05, 3.63) is 53.3 Å². The summed E-state index contributed by atoms with van der Waals surface area (Å²) in [7, 11) is 0. The van der Waals surface area contributed by atoms with Crippen LogP contribution in [0.15, 0.2) is 40.1 Å². The van der Waals surface area contributed by atoms with E-state index in [1.165, 1.54) is 6.07 Å². The van der Waals surface area contributed by atoms with Crippen molar-refractivity contribution in [3.8, 4) is 6.07 Å². The molecule has 0 aliphatic carbocycles. The fourth-order valence-corrected chi connectivity index (χ4v) is 2.35. The Labute approximate surface area is 111 Å². The highest BCUT2D eigenvalue weighted by Gasteiger charge is 2.14. The van der Waals surface area contributed by atoms with Crippen LogP contribution in [0.1, 0.15) is 5.56 Å². The van der Waals surface area contributed by atoms with E-state index in [9.17, 15) is 13.2 Å². The molecule has 0 aromatic heterocycles. The van der Waals surface area contributed by atoms with E-state index in [2.05, 4.69) is 0 Å². The van der Waals surface area contributed by atoms with Crippen LogP contribution in [0.25, 0.3) is 0 Å². The topological polar surface area (TPSA) is 49.8 Å². The molecule has 6 heteroatoms. The lowest BCUT2D eigenvalue weighted by Crippen LogP contribution is -1.94. The highest BCUT2D eigenvalue weighted by molar-refractivity contribution is 7.99. The van der Waals surface area contributed by atoms with Crippen LogP contribution in [0.3, 0.4) is 0 Å². The molecule has 0 amide bonds. The summed E-state index contributed by atoms with van der Waals surface area (Å²) >= 11 is 0.715. The van der Waals surface area contributed by atoms with Crippen molar-refractivity contribution in [2.45, 2.75) is 9.79 Å². The monoisotopic (exact) mass is 280 g/mol. The van der Waals surface area contributed by atoms with Crippen molar-refractivity contribution in [1.29, 1.82) is 5.26 Å². The van der Waals surface area contributed by atoms with E-state index in [0.717, 1.165) is 24.3 Å². The van der Waals surface area contributed by atoms with Gasteiger partial charge in [-0.3, -0.25) is 0 Å². The third-order valence-electron chi connectivity index (χ3n) is 2.29. The second-order valence-corrected chi connectivity index (χ2v) is 4.72. The summed E-state index contributed by atoms with van der Waals surface area (Å²) in [4.78, 5) is -0.0104. The Bertz CT molecular complexity index is 657. The Balaban J connectivity index is 2.45. The first-order chi connectivity index (χ1) is 9.01. The van der Waals surface area contributed by atoms with Crippen molar-refractivity contribution >= 4 is 17.4 Å². The quantitative estimate of drug-likeness (QED) is 0.853. The van der Waals surface area contributed by atoms with Gasteiger partial charge in [0.05, 0.1) is 10.5 Å². The van der Waals surface area contributed by atoms with E-state index in [1.807, 2.05) is 0 Å². The minimum Gasteiger partial charge on any atom is -0.399 e. The fraction of sp³-hybridized carbons (Fsp3) is 0. The molecule has 0 saturated heterocycles. The van der Waals surface area contributed by atoms with Crippen LogP contribution in [-0.4, -0.2) is 0 Å². The minimum atomic E-state index is -0.823. The van der Waals surface area contributed by atoms with Gasteiger partial charge in [-0.05, 0) is 30.3 Å². The van der Waals surface area contributed by atoms with Crippen LogP contribution in [0.5, 0.6) is 0 Å². The van der Waals surface area contributed by atoms with Crippen molar-refractivity contribution in [2.24, 2.45) is 0 Å². The average Bonchev–Trinajstić information content (AvgIpc) is 2.35. The van der Waals surface area contributed by atoms with Crippen molar-refractivity contribution in [1.82, 2.24) is 0 Å². The number of rotatable bonds is 2. The third-order valence-corrected chi connectivity index (χ3v) is 3.46. The van der Waals surface area contributed by atoms with Gasteiger partial charge in [0.2, 0.25) is 0 Å². The molecule has 2 aromatic carbocycles. The number of anilines is 1. The van der Waals surface area contributed by atoms with Gasteiger partial charge in [-0.2, -0.15) is 5.26 Å². The summed E-state index contributed by atoms with van der Waals surface area (Å²) in [6, 6.07) is 7.18. The van der Waals surface area contributed by atoms with Gasteiger partial charge in [-0.15, -0.1) is 0 Å². The van der Waals surface area contributed by atoms with Crippen molar-refractivity contribution in [2.75, 3.05) is 5.73 Å². The maximum absolute atomic E-state index is 13.6. The molecule has 0 saturated carbocycles. The lowest BCUT2D eigenvalue weighted by molar-refractivity contribution is 0.542. The molecular weight excluding hydrogens is 273 g/mol. The largest absolute Gasteiger partial charge is 0.399 e. The van der Waals surface area contributed by atoms with Gasteiger partial charge in [0, 0.05) is 10.6 Å². The predicted octanol–water partition coefficient (Wildman–Crippen LogP) is 3.71. The molecule has 2 nitrogen and oxygen atoms in total. The smallest absolute Gasteiger partial charge is 0.142 e. The van der Waals surface area contributed by atoms with E-state index in [0.29, 0.717) is 11.8 Å². The SMILES string of the molecule is N#Cc1cc(F)ccc1Sc1c(F)cc(N)cc1F. The molecular formula is C13H7F3N2S. The summed E-state index contributed by atoms with van der Waals surface area (Å²) in [5.74, 6) is -2.23. The number of nitrogens with two attached hydrogens (primary N) is 1. The molecule has 0 aliphatic heterocycles. The number of nitrogens with zero attached hydrogens (tertiary/aromatic N) is 1. The number of nitriles is 1. The first-order valence-corrected chi connectivity index (χ1v) is 5.95. The number of hydrogen-bond acceptors (Lipinski definition) is 3. The second kappa shape index (κ2) is 5.24. The van der Waals surface area contributed by atoms with Gasteiger partial charge in [0.15, 0.2) is 0 Å². The fourth-order valence-electron chi connectivity index (χ4n) is 1.47. The van der Waals surface area contributed by atoms with Gasteiger partial charge in [0.1, 0.15) is 23.5 Å². The van der Waals surface area contributed by atoms with Crippen LogP contribution < -0.4 is 5.73 Å². The molecule has 0 unspecified atom stereocenters. The molecule has 0 heterocycles. The maximum atomic E-state index is 13.6. The van der Waals surface area contributed by atoms with E-state index < -0.39 is 17.5 Å². The Hall–Kier alpha value is -2.13. The normalized spacial score (nSPS) is 10.2. The summed E-state index contributed by atoms with van der Waals surface area (Å²) < 4.78 is 40.2. The van der Waals surface area contributed by atoms with E-state index >= 15 is 0 Å². The third kappa shape index (κ3) is 2.83. The maximum Gasteiger partial charge on any atom is 0.142 e.